The lowest BCUT2D eigenvalue weighted by Crippen LogP contribution is -2.25. The molecule has 2 aromatic carbocycles. The van der Waals surface area contributed by atoms with Crippen molar-refractivity contribution < 1.29 is 19.4 Å². The number of esters is 1. The van der Waals surface area contributed by atoms with Crippen LogP contribution in [0.1, 0.15) is 54.7 Å². The fourth-order valence-corrected chi connectivity index (χ4v) is 2.28. The maximum Gasteiger partial charge on any atom is 0.341 e. The van der Waals surface area contributed by atoms with E-state index in [9.17, 15) is 9.90 Å². The van der Waals surface area contributed by atoms with E-state index < -0.39 is 5.97 Å². The summed E-state index contributed by atoms with van der Waals surface area (Å²) in [5.41, 5.74) is 2.83. The van der Waals surface area contributed by atoms with Crippen LogP contribution in [0.25, 0.3) is 0 Å². The molecule has 2 aromatic rings. The van der Waals surface area contributed by atoms with Gasteiger partial charge in [0.05, 0.1) is 32.2 Å². The van der Waals surface area contributed by atoms with Crippen LogP contribution in [0, 0.1) is 5.41 Å². The molecular formula is C23H28N2O4. The zero-order chi connectivity index (χ0) is 21.4. The van der Waals surface area contributed by atoms with Gasteiger partial charge in [-0.3, -0.25) is 0 Å². The van der Waals surface area contributed by atoms with Gasteiger partial charge in [-0.15, -0.1) is 0 Å². The van der Waals surface area contributed by atoms with Crippen molar-refractivity contribution in [3.05, 3.63) is 64.7 Å². The van der Waals surface area contributed by atoms with Crippen LogP contribution < -0.4 is 0 Å². The Kier molecular flexibility index (Phi) is 7.67. The van der Waals surface area contributed by atoms with E-state index in [2.05, 4.69) is 42.6 Å². The molecule has 0 radical (unpaired) electrons. The second-order valence-corrected chi connectivity index (χ2v) is 7.82. The third kappa shape index (κ3) is 6.84. The van der Waals surface area contributed by atoms with Gasteiger partial charge in [-0.1, -0.05) is 45.0 Å². The predicted octanol–water partition coefficient (Wildman–Crippen LogP) is 4.58. The Labute approximate surface area is 171 Å². The number of hydrogen-bond donors (Lipinski definition) is 1. The number of nitrogens with zero attached hydrogens (tertiary/aromatic N) is 2. The standard InChI is InChI=1S/C23H28N2O4/c1-16(23(2,3)4)29-15-18-8-6-17(7-9-18)13-24-25-14-19-10-11-21(26)20(12-19)22(27)28-5/h6-14,16,26H,15H2,1-5H3/b24-13+,25-14+. The summed E-state index contributed by atoms with van der Waals surface area (Å²) in [5, 5.41) is 17.7. The third-order valence-electron chi connectivity index (χ3n) is 4.61. The summed E-state index contributed by atoms with van der Waals surface area (Å²) in [7, 11) is 1.26. The molecule has 2 rings (SSSR count). The third-order valence-corrected chi connectivity index (χ3v) is 4.61. The molecule has 0 saturated carbocycles. The number of methoxy groups -OCH3 is 1. The molecule has 1 atom stereocenters. The second kappa shape index (κ2) is 9.98. The highest BCUT2D eigenvalue weighted by Crippen LogP contribution is 2.22. The first-order chi connectivity index (χ1) is 13.7. The highest BCUT2D eigenvalue weighted by Gasteiger charge is 2.20. The zero-order valence-electron chi connectivity index (χ0n) is 17.5. The number of carbonyl (C=O) groups is 1. The number of aromatic hydroxyl groups is 1. The van der Waals surface area contributed by atoms with E-state index in [0.29, 0.717) is 12.2 Å². The van der Waals surface area contributed by atoms with E-state index in [1.54, 1.807) is 12.3 Å². The van der Waals surface area contributed by atoms with Gasteiger partial charge in [0.1, 0.15) is 11.3 Å². The van der Waals surface area contributed by atoms with E-state index in [4.69, 9.17) is 4.74 Å². The zero-order valence-corrected chi connectivity index (χ0v) is 17.5. The molecule has 6 nitrogen and oxygen atoms in total. The Morgan fingerprint density at radius 2 is 1.66 bits per heavy atom. The van der Waals surface area contributed by atoms with E-state index in [1.165, 1.54) is 25.5 Å². The fourth-order valence-electron chi connectivity index (χ4n) is 2.28. The minimum atomic E-state index is -0.609. The predicted molar refractivity (Wildman–Crippen MR) is 115 cm³/mol. The Balaban J connectivity index is 1.94. The molecule has 0 spiro atoms. The molecule has 1 unspecified atom stereocenters. The van der Waals surface area contributed by atoms with Gasteiger partial charge < -0.3 is 14.6 Å². The van der Waals surface area contributed by atoms with Gasteiger partial charge in [0.2, 0.25) is 0 Å². The van der Waals surface area contributed by atoms with Crippen LogP contribution in [0.4, 0.5) is 0 Å². The Morgan fingerprint density at radius 1 is 1.07 bits per heavy atom. The summed E-state index contributed by atoms with van der Waals surface area (Å²) < 4.78 is 10.5. The lowest BCUT2D eigenvalue weighted by Gasteiger charge is -2.27. The molecule has 1 N–H and O–H groups in total. The number of phenolic OH excluding ortho intramolecular Hbond substituents is 1. The molecule has 0 bridgehead atoms. The fraction of sp³-hybridized carbons (Fsp3) is 0.348. The molecule has 0 aromatic heterocycles. The van der Waals surface area contributed by atoms with Crippen molar-refractivity contribution in [2.75, 3.05) is 7.11 Å². The number of ether oxygens (including phenoxy) is 2. The van der Waals surface area contributed by atoms with Crippen molar-refractivity contribution in [1.29, 1.82) is 0 Å². The molecule has 0 aliphatic carbocycles. The number of phenols is 1. The van der Waals surface area contributed by atoms with Crippen molar-refractivity contribution in [3.63, 3.8) is 0 Å². The van der Waals surface area contributed by atoms with E-state index >= 15 is 0 Å². The van der Waals surface area contributed by atoms with Gasteiger partial charge in [0.25, 0.3) is 0 Å². The van der Waals surface area contributed by atoms with E-state index in [0.717, 1.165) is 11.1 Å². The summed E-state index contributed by atoms with van der Waals surface area (Å²) in [6.07, 6.45) is 3.30. The smallest absolute Gasteiger partial charge is 0.341 e. The highest BCUT2D eigenvalue weighted by molar-refractivity contribution is 5.95. The minimum Gasteiger partial charge on any atom is -0.507 e. The summed E-state index contributed by atoms with van der Waals surface area (Å²) in [4.78, 5) is 11.6. The van der Waals surface area contributed by atoms with Gasteiger partial charge in [0, 0.05) is 0 Å². The Morgan fingerprint density at radius 3 is 2.24 bits per heavy atom. The molecule has 6 heteroatoms. The highest BCUT2D eigenvalue weighted by atomic mass is 16.5. The van der Waals surface area contributed by atoms with Crippen LogP contribution >= 0.6 is 0 Å². The number of benzene rings is 2. The van der Waals surface area contributed by atoms with Crippen molar-refractivity contribution in [2.45, 2.75) is 40.4 Å². The van der Waals surface area contributed by atoms with Crippen LogP contribution in [0.5, 0.6) is 5.75 Å². The largest absolute Gasteiger partial charge is 0.507 e. The molecule has 0 amide bonds. The number of rotatable bonds is 7. The lowest BCUT2D eigenvalue weighted by atomic mass is 9.90. The maximum absolute atomic E-state index is 11.6. The van der Waals surface area contributed by atoms with Gasteiger partial charge in [-0.05, 0) is 47.2 Å². The average molecular weight is 396 g/mol. The van der Waals surface area contributed by atoms with Crippen molar-refractivity contribution in [2.24, 2.45) is 15.6 Å². The van der Waals surface area contributed by atoms with Crippen molar-refractivity contribution >= 4 is 18.4 Å². The van der Waals surface area contributed by atoms with Gasteiger partial charge in [0.15, 0.2) is 0 Å². The SMILES string of the molecule is COC(=O)c1cc(/C=N/N=C/c2ccc(COC(C)C(C)(C)C)cc2)ccc1O. The monoisotopic (exact) mass is 396 g/mol. The van der Waals surface area contributed by atoms with Crippen LogP contribution in [0.2, 0.25) is 0 Å². The first kappa shape index (κ1) is 22.3. The van der Waals surface area contributed by atoms with Gasteiger partial charge in [-0.2, -0.15) is 10.2 Å². The summed E-state index contributed by atoms with van der Waals surface area (Å²) in [6.45, 7) is 9.13. The Hall–Kier alpha value is -2.99. The molecule has 0 fully saturated rings. The Bertz CT molecular complexity index is 881. The topological polar surface area (TPSA) is 80.5 Å². The normalized spacial score (nSPS) is 13.1. The average Bonchev–Trinajstić information content (AvgIpc) is 2.70. The van der Waals surface area contributed by atoms with Gasteiger partial charge >= 0.3 is 5.97 Å². The summed E-state index contributed by atoms with van der Waals surface area (Å²) in [5.74, 6) is -0.749. The molecule has 0 heterocycles. The first-order valence-electron chi connectivity index (χ1n) is 9.39. The molecule has 29 heavy (non-hydrogen) atoms. The molecule has 0 aliphatic heterocycles. The number of hydrogen-bond acceptors (Lipinski definition) is 6. The molecular weight excluding hydrogens is 368 g/mol. The van der Waals surface area contributed by atoms with Crippen LogP contribution in [0.3, 0.4) is 0 Å². The van der Waals surface area contributed by atoms with Crippen molar-refractivity contribution in [1.82, 2.24) is 0 Å². The van der Waals surface area contributed by atoms with Crippen LogP contribution in [0.15, 0.2) is 52.7 Å². The minimum absolute atomic E-state index is 0.0824. The molecule has 154 valence electrons. The van der Waals surface area contributed by atoms with Gasteiger partial charge in [-0.25, -0.2) is 4.79 Å². The molecule has 0 saturated heterocycles. The summed E-state index contributed by atoms with van der Waals surface area (Å²) in [6, 6.07) is 12.5. The second-order valence-electron chi connectivity index (χ2n) is 7.82. The van der Waals surface area contributed by atoms with Crippen molar-refractivity contribution in [3.8, 4) is 5.75 Å². The lowest BCUT2D eigenvalue weighted by molar-refractivity contribution is -0.0153. The quantitative estimate of drug-likeness (QED) is 0.422. The van der Waals surface area contributed by atoms with E-state index in [1.807, 2.05) is 24.3 Å². The van der Waals surface area contributed by atoms with E-state index in [-0.39, 0.29) is 22.8 Å². The number of carbonyl (C=O) groups excluding carboxylic acids is 1. The molecule has 0 aliphatic rings. The van der Waals surface area contributed by atoms with Crippen LogP contribution in [-0.4, -0.2) is 36.7 Å². The van der Waals surface area contributed by atoms with Crippen LogP contribution in [-0.2, 0) is 16.1 Å². The summed E-state index contributed by atoms with van der Waals surface area (Å²) >= 11 is 0. The first-order valence-corrected chi connectivity index (χ1v) is 9.39. The maximum atomic E-state index is 11.6.